The Labute approximate surface area is 323 Å². The van der Waals surface area contributed by atoms with Crippen LogP contribution < -0.4 is 0 Å². The summed E-state index contributed by atoms with van der Waals surface area (Å²) in [5, 5.41) is 4.40. The van der Waals surface area contributed by atoms with Crippen LogP contribution in [0.4, 0.5) is 0 Å². The minimum Gasteiger partial charge on any atom is -0.456 e. The lowest BCUT2D eigenvalue weighted by molar-refractivity contribution is 0.669. The van der Waals surface area contributed by atoms with Crippen molar-refractivity contribution in [3.8, 4) is 67.3 Å². The summed E-state index contributed by atoms with van der Waals surface area (Å²) >= 11 is 0. The van der Waals surface area contributed by atoms with Crippen molar-refractivity contribution in [2.45, 2.75) is 0 Å². The largest absolute Gasteiger partial charge is 0.456 e. The molecule has 0 spiro atoms. The number of benzene rings is 8. The zero-order valence-corrected chi connectivity index (χ0v) is 30.2. The highest BCUT2D eigenvalue weighted by Gasteiger charge is 2.19. The molecule has 11 rings (SSSR count). The molecular weight excluding hydrogens is 685 g/mol. The zero-order chi connectivity index (χ0) is 37.0. The first kappa shape index (κ1) is 31.9. The number of fused-ring (bicyclic) bond motifs is 6. The lowest BCUT2D eigenvalue weighted by atomic mass is 9.93. The summed E-state index contributed by atoms with van der Waals surface area (Å²) in [4.78, 5) is 10.2. The minimum atomic E-state index is 0.686. The number of rotatable bonds is 6. The SMILES string of the molecule is c1ccc(-c2ccc(-c3nc(-c4ccccc4)cc(-c4ccc(-c5ccc(-c6ccc7oc8ccccc8c7c6)c6c5oc5ccccc56)cc4)n3)cc2)cc1. The fourth-order valence-electron chi connectivity index (χ4n) is 7.93. The monoisotopic (exact) mass is 716 g/mol. The molecule has 0 saturated heterocycles. The molecule has 0 N–H and O–H groups in total. The van der Waals surface area contributed by atoms with Gasteiger partial charge in [-0.2, -0.15) is 0 Å². The van der Waals surface area contributed by atoms with Gasteiger partial charge in [0.2, 0.25) is 0 Å². The molecule has 262 valence electrons. The third-order valence-electron chi connectivity index (χ3n) is 10.8. The van der Waals surface area contributed by atoms with Crippen molar-refractivity contribution in [1.29, 1.82) is 0 Å². The summed E-state index contributed by atoms with van der Waals surface area (Å²) in [5.74, 6) is 0.686. The lowest BCUT2D eigenvalue weighted by Gasteiger charge is -2.11. The Kier molecular flexibility index (Phi) is 7.46. The van der Waals surface area contributed by atoms with Crippen LogP contribution in [0.5, 0.6) is 0 Å². The number of nitrogens with zero attached hydrogens (tertiary/aromatic N) is 2. The minimum absolute atomic E-state index is 0.686. The van der Waals surface area contributed by atoms with Crippen LogP contribution in [0.25, 0.3) is 111 Å². The molecule has 56 heavy (non-hydrogen) atoms. The maximum Gasteiger partial charge on any atom is 0.160 e. The Balaban J connectivity index is 1.00. The van der Waals surface area contributed by atoms with Gasteiger partial charge in [-0.25, -0.2) is 9.97 Å². The van der Waals surface area contributed by atoms with Crippen molar-refractivity contribution in [3.63, 3.8) is 0 Å². The highest BCUT2D eigenvalue weighted by molar-refractivity contribution is 6.17. The summed E-state index contributed by atoms with van der Waals surface area (Å²) in [6.07, 6.45) is 0. The Morgan fingerprint density at radius 3 is 1.54 bits per heavy atom. The molecule has 0 fully saturated rings. The Morgan fingerprint density at radius 2 is 0.804 bits per heavy atom. The van der Waals surface area contributed by atoms with Gasteiger partial charge in [-0.3, -0.25) is 0 Å². The van der Waals surface area contributed by atoms with Crippen molar-refractivity contribution >= 4 is 43.9 Å². The van der Waals surface area contributed by atoms with Gasteiger partial charge in [0, 0.05) is 43.8 Å². The smallest absolute Gasteiger partial charge is 0.160 e. The first-order chi connectivity index (χ1) is 27.7. The predicted molar refractivity (Wildman–Crippen MR) is 229 cm³/mol. The van der Waals surface area contributed by atoms with Crippen LogP contribution >= 0.6 is 0 Å². The summed E-state index contributed by atoms with van der Waals surface area (Å²) in [7, 11) is 0. The second-order valence-corrected chi connectivity index (χ2v) is 14.1. The van der Waals surface area contributed by atoms with E-state index >= 15 is 0 Å². The van der Waals surface area contributed by atoms with Gasteiger partial charge in [0.25, 0.3) is 0 Å². The van der Waals surface area contributed by atoms with E-state index in [-0.39, 0.29) is 0 Å². The second kappa shape index (κ2) is 13.1. The number of aromatic nitrogens is 2. The van der Waals surface area contributed by atoms with Crippen LogP contribution in [0.3, 0.4) is 0 Å². The van der Waals surface area contributed by atoms with Gasteiger partial charge in [0.15, 0.2) is 5.82 Å². The molecule has 0 atom stereocenters. The van der Waals surface area contributed by atoms with Crippen LogP contribution in [0, 0.1) is 0 Å². The summed E-state index contributed by atoms with van der Waals surface area (Å²) < 4.78 is 12.8. The molecule has 0 unspecified atom stereocenters. The predicted octanol–water partition coefficient (Wildman–Crippen LogP) is 14.3. The Bertz CT molecular complexity index is 3220. The van der Waals surface area contributed by atoms with E-state index in [0.29, 0.717) is 5.82 Å². The molecular formula is C52H32N2O2. The summed E-state index contributed by atoms with van der Waals surface area (Å²) in [6, 6.07) is 67.3. The van der Waals surface area contributed by atoms with Gasteiger partial charge < -0.3 is 8.83 Å². The van der Waals surface area contributed by atoms with E-state index in [1.54, 1.807) is 0 Å². The number of furan rings is 2. The van der Waals surface area contributed by atoms with Gasteiger partial charge in [-0.15, -0.1) is 0 Å². The highest BCUT2D eigenvalue weighted by Crippen LogP contribution is 2.43. The lowest BCUT2D eigenvalue weighted by Crippen LogP contribution is -1.96. The zero-order valence-electron chi connectivity index (χ0n) is 30.2. The molecule has 11 aromatic rings. The third-order valence-corrected chi connectivity index (χ3v) is 10.8. The first-order valence-electron chi connectivity index (χ1n) is 18.8. The molecule has 0 aliphatic carbocycles. The van der Waals surface area contributed by atoms with E-state index in [2.05, 4.69) is 146 Å². The third kappa shape index (κ3) is 5.47. The van der Waals surface area contributed by atoms with Crippen molar-refractivity contribution < 1.29 is 8.83 Å². The molecule has 0 aliphatic rings. The number of para-hydroxylation sites is 2. The van der Waals surface area contributed by atoms with E-state index in [1.807, 2.05) is 48.5 Å². The van der Waals surface area contributed by atoms with Crippen molar-refractivity contribution in [3.05, 3.63) is 194 Å². The molecule has 3 aromatic heterocycles. The van der Waals surface area contributed by atoms with Crippen molar-refractivity contribution in [2.75, 3.05) is 0 Å². The van der Waals surface area contributed by atoms with Gasteiger partial charge in [-0.1, -0.05) is 158 Å². The van der Waals surface area contributed by atoms with E-state index in [9.17, 15) is 0 Å². The molecule has 4 nitrogen and oxygen atoms in total. The maximum atomic E-state index is 6.68. The van der Waals surface area contributed by atoms with Crippen molar-refractivity contribution in [2.24, 2.45) is 0 Å². The normalized spacial score (nSPS) is 11.6. The Hall–Kier alpha value is -7.56. The quantitative estimate of drug-likeness (QED) is 0.172. The number of hydrogen-bond acceptors (Lipinski definition) is 4. The average Bonchev–Trinajstić information content (AvgIpc) is 3.85. The van der Waals surface area contributed by atoms with Gasteiger partial charge in [0.1, 0.15) is 22.3 Å². The molecule has 8 aromatic carbocycles. The number of hydrogen-bond donors (Lipinski definition) is 0. The van der Waals surface area contributed by atoms with Crippen LogP contribution in [0.1, 0.15) is 0 Å². The molecule has 0 bridgehead atoms. The van der Waals surface area contributed by atoms with E-state index in [1.165, 1.54) is 5.56 Å². The van der Waals surface area contributed by atoms with E-state index in [4.69, 9.17) is 18.8 Å². The van der Waals surface area contributed by atoms with Crippen LogP contribution in [0.15, 0.2) is 203 Å². The van der Waals surface area contributed by atoms with Crippen LogP contribution in [-0.2, 0) is 0 Å². The molecule has 0 amide bonds. The van der Waals surface area contributed by atoms with Crippen molar-refractivity contribution in [1.82, 2.24) is 9.97 Å². The standard InChI is InChI=1S/C52H32N2O2/c1-3-11-33(12-4-1)34-19-25-38(26-20-34)52-53-45(36-13-5-2-6-14-36)32-46(54-52)37-23-21-35(22-24-37)41-29-28-40(50-43-16-8-10-18-48(43)56-51(41)50)39-27-30-49-44(31-39)42-15-7-9-17-47(42)55-49/h1-32H. The fraction of sp³-hybridized carbons (Fsp3) is 0. The van der Waals surface area contributed by atoms with Crippen LogP contribution in [0.2, 0.25) is 0 Å². The molecule has 3 heterocycles. The van der Waals surface area contributed by atoms with Gasteiger partial charge in [-0.05, 0) is 64.2 Å². The maximum absolute atomic E-state index is 6.68. The van der Waals surface area contributed by atoms with Crippen LogP contribution in [-0.4, -0.2) is 9.97 Å². The highest BCUT2D eigenvalue weighted by atomic mass is 16.3. The molecule has 4 heteroatoms. The Morgan fingerprint density at radius 1 is 0.304 bits per heavy atom. The van der Waals surface area contributed by atoms with E-state index < -0.39 is 0 Å². The second-order valence-electron chi connectivity index (χ2n) is 14.1. The van der Waals surface area contributed by atoms with Gasteiger partial charge >= 0.3 is 0 Å². The van der Waals surface area contributed by atoms with Gasteiger partial charge in [0.05, 0.1) is 11.4 Å². The fourth-order valence-corrected chi connectivity index (χ4v) is 7.93. The topological polar surface area (TPSA) is 52.1 Å². The van der Waals surface area contributed by atoms with E-state index in [0.717, 1.165) is 99.8 Å². The summed E-state index contributed by atoms with van der Waals surface area (Å²) in [5.41, 5.74) is 14.9. The molecule has 0 saturated carbocycles. The average molecular weight is 717 g/mol. The summed E-state index contributed by atoms with van der Waals surface area (Å²) in [6.45, 7) is 0. The molecule has 0 aliphatic heterocycles. The molecule has 0 radical (unpaired) electrons. The first-order valence-corrected chi connectivity index (χ1v) is 18.8.